The van der Waals surface area contributed by atoms with Gasteiger partial charge in [-0.3, -0.25) is 0 Å². The lowest BCUT2D eigenvalue weighted by molar-refractivity contribution is 0.411. The molecule has 16 heavy (non-hydrogen) atoms. The third kappa shape index (κ3) is 2.48. The fourth-order valence-electron chi connectivity index (χ4n) is 1.21. The quantitative estimate of drug-likeness (QED) is 0.743. The predicted molar refractivity (Wildman–Crippen MR) is 57.3 cm³/mol. The van der Waals surface area contributed by atoms with E-state index in [-0.39, 0.29) is 5.88 Å². The van der Waals surface area contributed by atoms with E-state index >= 15 is 0 Å². The zero-order chi connectivity index (χ0) is 11.4. The van der Waals surface area contributed by atoms with Crippen LogP contribution in [0.4, 0.5) is 4.39 Å². The summed E-state index contributed by atoms with van der Waals surface area (Å²) in [4.78, 5) is 3.59. The van der Waals surface area contributed by atoms with Gasteiger partial charge in [-0.15, -0.1) is 0 Å². The highest BCUT2D eigenvalue weighted by molar-refractivity contribution is 5.33. The van der Waals surface area contributed by atoms with Crippen LogP contribution in [0.1, 0.15) is 0 Å². The van der Waals surface area contributed by atoms with Crippen molar-refractivity contribution in [2.24, 2.45) is 0 Å². The van der Waals surface area contributed by atoms with E-state index in [1.165, 1.54) is 6.07 Å². The van der Waals surface area contributed by atoms with Crippen molar-refractivity contribution >= 4 is 0 Å². The minimum Gasteiger partial charge on any atom is -0.497 e. The first kappa shape index (κ1) is 10.4. The van der Waals surface area contributed by atoms with Gasteiger partial charge in [-0.05, 0) is 30.3 Å². The van der Waals surface area contributed by atoms with Crippen molar-refractivity contribution in [1.82, 2.24) is 4.98 Å². The lowest BCUT2D eigenvalue weighted by Crippen LogP contribution is -1.90. The van der Waals surface area contributed by atoms with E-state index in [4.69, 9.17) is 9.47 Å². The Morgan fingerprint density at radius 3 is 2.31 bits per heavy atom. The number of methoxy groups -OCH3 is 1. The second kappa shape index (κ2) is 4.61. The number of aromatic nitrogens is 1. The molecule has 4 heteroatoms. The molecule has 0 aliphatic rings. The third-order valence-corrected chi connectivity index (χ3v) is 1.97. The molecule has 0 aliphatic carbocycles. The Hall–Kier alpha value is -2.10. The SMILES string of the molecule is COc1ccc(Oc2cccc(F)n2)cc1. The molecule has 0 unspecified atom stereocenters. The summed E-state index contributed by atoms with van der Waals surface area (Å²) in [5, 5.41) is 0. The molecule has 0 radical (unpaired) electrons. The van der Waals surface area contributed by atoms with Crippen LogP contribution in [-0.4, -0.2) is 12.1 Å². The fourth-order valence-corrected chi connectivity index (χ4v) is 1.21. The van der Waals surface area contributed by atoms with E-state index < -0.39 is 5.95 Å². The van der Waals surface area contributed by atoms with Crippen molar-refractivity contribution in [2.45, 2.75) is 0 Å². The summed E-state index contributed by atoms with van der Waals surface area (Å²) in [5.74, 6) is 0.981. The van der Waals surface area contributed by atoms with Crippen LogP contribution in [0.2, 0.25) is 0 Å². The molecule has 0 aliphatic heterocycles. The largest absolute Gasteiger partial charge is 0.497 e. The Morgan fingerprint density at radius 2 is 1.69 bits per heavy atom. The van der Waals surface area contributed by atoms with Gasteiger partial charge in [-0.25, -0.2) is 0 Å². The molecule has 3 nitrogen and oxygen atoms in total. The van der Waals surface area contributed by atoms with Gasteiger partial charge >= 0.3 is 0 Å². The maximum atomic E-state index is 12.8. The van der Waals surface area contributed by atoms with Gasteiger partial charge in [0, 0.05) is 6.07 Å². The van der Waals surface area contributed by atoms with Gasteiger partial charge in [0.2, 0.25) is 11.8 Å². The maximum Gasteiger partial charge on any atom is 0.221 e. The maximum absolute atomic E-state index is 12.8. The van der Waals surface area contributed by atoms with Gasteiger partial charge in [-0.2, -0.15) is 9.37 Å². The molecule has 2 aromatic rings. The van der Waals surface area contributed by atoms with Crippen molar-refractivity contribution in [3.63, 3.8) is 0 Å². The summed E-state index contributed by atoms with van der Waals surface area (Å²) < 4.78 is 23.1. The van der Waals surface area contributed by atoms with Crippen LogP contribution in [0.3, 0.4) is 0 Å². The topological polar surface area (TPSA) is 31.4 Å². The summed E-state index contributed by atoms with van der Waals surface area (Å²) in [6.45, 7) is 0. The number of hydrogen-bond donors (Lipinski definition) is 0. The molecule has 0 fully saturated rings. The summed E-state index contributed by atoms with van der Waals surface area (Å²) in [7, 11) is 1.59. The number of ether oxygens (including phenoxy) is 2. The minimum atomic E-state index is -0.564. The second-order valence-corrected chi connectivity index (χ2v) is 3.08. The van der Waals surface area contributed by atoms with Crippen molar-refractivity contribution < 1.29 is 13.9 Å². The van der Waals surface area contributed by atoms with E-state index in [1.54, 1.807) is 43.5 Å². The van der Waals surface area contributed by atoms with Crippen LogP contribution < -0.4 is 9.47 Å². The molecule has 1 aromatic carbocycles. The number of benzene rings is 1. The number of rotatable bonds is 3. The molecule has 0 saturated carbocycles. The van der Waals surface area contributed by atoms with Gasteiger partial charge in [0.25, 0.3) is 0 Å². The van der Waals surface area contributed by atoms with Crippen LogP contribution in [0.15, 0.2) is 42.5 Å². The molecular formula is C12H10FNO2. The van der Waals surface area contributed by atoms with E-state index in [0.29, 0.717) is 5.75 Å². The van der Waals surface area contributed by atoms with E-state index in [1.807, 2.05) is 0 Å². The molecular weight excluding hydrogens is 209 g/mol. The lowest BCUT2D eigenvalue weighted by Gasteiger charge is -2.05. The highest BCUT2D eigenvalue weighted by Gasteiger charge is 2.00. The van der Waals surface area contributed by atoms with Crippen LogP contribution >= 0.6 is 0 Å². The molecule has 0 saturated heterocycles. The average Bonchev–Trinajstić information content (AvgIpc) is 2.30. The average molecular weight is 219 g/mol. The van der Waals surface area contributed by atoms with E-state index in [9.17, 15) is 4.39 Å². The molecule has 0 spiro atoms. The van der Waals surface area contributed by atoms with Crippen molar-refractivity contribution in [3.8, 4) is 17.4 Å². The predicted octanol–water partition coefficient (Wildman–Crippen LogP) is 3.02. The molecule has 1 heterocycles. The summed E-state index contributed by atoms with van der Waals surface area (Å²) in [5.41, 5.74) is 0. The second-order valence-electron chi connectivity index (χ2n) is 3.08. The molecule has 1 aromatic heterocycles. The Morgan fingerprint density at radius 1 is 1.00 bits per heavy atom. The molecule has 0 bridgehead atoms. The Bertz CT molecular complexity index is 471. The zero-order valence-corrected chi connectivity index (χ0v) is 8.68. The van der Waals surface area contributed by atoms with Crippen LogP contribution in [-0.2, 0) is 0 Å². The van der Waals surface area contributed by atoms with Gasteiger partial charge < -0.3 is 9.47 Å². The van der Waals surface area contributed by atoms with Crippen molar-refractivity contribution in [1.29, 1.82) is 0 Å². The first-order chi connectivity index (χ1) is 7.78. The van der Waals surface area contributed by atoms with E-state index in [0.717, 1.165) is 5.75 Å². The van der Waals surface area contributed by atoms with E-state index in [2.05, 4.69) is 4.98 Å². The van der Waals surface area contributed by atoms with Gasteiger partial charge in [-0.1, -0.05) is 6.07 Å². The summed E-state index contributed by atoms with van der Waals surface area (Å²) >= 11 is 0. The van der Waals surface area contributed by atoms with Crippen LogP contribution in [0.25, 0.3) is 0 Å². The van der Waals surface area contributed by atoms with Crippen molar-refractivity contribution in [3.05, 3.63) is 48.4 Å². The summed E-state index contributed by atoms with van der Waals surface area (Å²) in [6.07, 6.45) is 0. The zero-order valence-electron chi connectivity index (χ0n) is 8.68. The first-order valence-corrected chi connectivity index (χ1v) is 4.72. The Balaban J connectivity index is 2.14. The molecule has 82 valence electrons. The molecule has 0 atom stereocenters. The number of halogens is 1. The van der Waals surface area contributed by atoms with Gasteiger partial charge in [0.1, 0.15) is 11.5 Å². The molecule has 0 amide bonds. The highest BCUT2D eigenvalue weighted by atomic mass is 19.1. The lowest BCUT2D eigenvalue weighted by atomic mass is 10.3. The Kier molecular flexibility index (Phi) is 3.00. The summed E-state index contributed by atoms with van der Waals surface area (Å²) in [6, 6.07) is 11.4. The van der Waals surface area contributed by atoms with Crippen LogP contribution in [0, 0.1) is 5.95 Å². The van der Waals surface area contributed by atoms with Crippen molar-refractivity contribution in [2.75, 3.05) is 7.11 Å². The van der Waals surface area contributed by atoms with Gasteiger partial charge in [0.15, 0.2) is 0 Å². The molecule has 0 N–H and O–H groups in total. The smallest absolute Gasteiger partial charge is 0.221 e. The monoisotopic (exact) mass is 219 g/mol. The minimum absolute atomic E-state index is 0.227. The fraction of sp³-hybridized carbons (Fsp3) is 0.0833. The standard InChI is InChI=1S/C12H10FNO2/c1-15-9-5-7-10(8-6-9)16-12-4-2-3-11(13)14-12/h2-8H,1H3. The van der Waals surface area contributed by atoms with Crippen LogP contribution in [0.5, 0.6) is 17.4 Å². The number of pyridine rings is 1. The molecule has 2 rings (SSSR count). The highest BCUT2D eigenvalue weighted by Crippen LogP contribution is 2.22. The normalized spacial score (nSPS) is 9.88. The number of hydrogen-bond acceptors (Lipinski definition) is 3. The first-order valence-electron chi connectivity index (χ1n) is 4.72. The third-order valence-electron chi connectivity index (χ3n) is 1.97. The van der Waals surface area contributed by atoms with Gasteiger partial charge in [0.05, 0.1) is 7.11 Å². The number of nitrogens with zero attached hydrogens (tertiary/aromatic N) is 1. The Labute approximate surface area is 92.5 Å².